The summed E-state index contributed by atoms with van der Waals surface area (Å²) in [6, 6.07) is 3.72. The number of methoxy groups -OCH3 is 1. The molecule has 0 saturated carbocycles. The van der Waals surface area contributed by atoms with E-state index in [0.29, 0.717) is 6.61 Å². The predicted octanol–water partition coefficient (Wildman–Crippen LogP) is 3.80. The van der Waals surface area contributed by atoms with E-state index in [1.165, 1.54) is 6.08 Å². The molecule has 92 valence electrons. The summed E-state index contributed by atoms with van der Waals surface area (Å²) in [4.78, 5) is 11.2. The van der Waals surface area contributed by atoms with Gasteiger partial charge in [-0.1, -0.05) is 0 Å². The van der Waals surface area contributed by atoms with Crippen molar-refractivity contribution in [3.05, 3.63) is 32.7 Å². The molecule has 3 nitrogen and oxygen atoms in total. The van der Waals surface area contributed by atoms with E-state index in [1.54, 1.807) is 20.1 Å². The summed E-state index contributed by atoms with van der Waals surface area (Å²) < 4.78 is 11.6. The molecule has 0 unspecified atom stereocenters. The smallest absolute Gasteiger partial charge is 0.330 e. The minimum atomic E-state index is -0.351. The lowest BCUT2D eigenvalue weighted by Crippen LogP contribution is -1.98. The number of benzene rings is 1. The van der Waals surface area contributed by atoms with Crippen LogP contribution in [0.2, 0.25) is 0 Å². The van der Waals surface area contributed by atoms with Crippen LogP contribution in [0.15, 0.2) is 27.2 Å². The number of esters is 1. The quantitative estimate of drug-likeness (QED) is 0.603. The number of halogens is 2. The van der Waals surface area contributed by atoms with Crippen molar-refractivity contribution in [1.29, 1.82) is 0 Å². The first-order valence-electron chi connectivity index (χ1n) is 4.96. The van der Waals surface area contributed by atoms with Gasteiger partial charge in [0, 0.05) is 6.08 Å². The van der Waals surface area contributed by atoms with Crippen LogP contribution >= 0.6 is 31.9 Å². The second-order valence-corrected chi connectivity index (χ2v) is 4.81. The monoisotopic (exact) mass is 362 g/mol. The molecule has 0 aliphatic heterocycles. The Morgan fingerprint density at radius 1 is 1.35 bits per heavy atom. The number of carbonyl (C=O) groups excluding carboxylic acids is 1. The van der Waals surface area contributed by atoms with Crippen LogP contribution in [-0.4, -0.2) is 19.7 Å². The lowest BCUT2D eigenvalue weighted by atomic mass is 10.2. The Labute approximate surface area is 117 Å². The van der Waals surface area contributed by atoms with E-state index in [-0.39, 0.29) is 5.97 Å². The van der Waals surface area contributed by atoms with Gasteiger partial charge in [0.2, 0.25) is 0 Å². The van der Waals surface area contributed by atoms with Gasteiger partial charge in [-0.15, -0.1) is 0 Å². The average Bonchev–Trinajstić information content (AvgIpc) is 2.26. The zero-order chi connectivity index (χ0) is 12.8. The van der Waals surface area contributed by atoms with Gasteiger partial charge in [-0.3, -0.25) is 0 Å². The van der Waals surface area contributed by atoms with Crippen molar-refractivity contribution in [1.82, 2.24) is 0 Å². The highest BCUT2D eigenvalue weighted by molar-refractivity contribution is 9.11. The van der Waals surface area contributed by atoms with Crippen molar-refractivity contribution in [3.63, 3.8) is 0 Å². The lowest BCUT2D eigenvalue weighted by molar-refractivity contribution is -0.137. The Morgan fingerprint density at radius 3 is 2.41 bits per heavy atom. The van der Waals surface area contributed by atoms with Gasteiger partial charge in [-0.25, -0.2) is 4.79 Å². The van der Waals surface area contributed by atoms with Crippen LogP contribution < -0.4 is 4.74 Å². The molecule has 0 aliphatic carbocycles. The summed E-state index contributed by atoms with van der Waals surface area (Å²) >= 11 is 6.78. The SMILES string of the molecule is CCOC(=O)/C=C/c1cc(Br)c(OC)c(Br)c1. The molecule has 1 aromatic rings. The third-order valence-corrected chi connectivity index (χ3v) is 3.10. The summed E-state index contributed by atoms with van der Waals surface area (Å²) in [5.41, 5.74) is 0.873. The van der Waals surface area contributed by atoms with E-state index in [4.69, 9.17) is 9.47 Å². The first-order chi connectivity index (χ1) is 8.08. The molecule has 0 aliphatic rings. The summed E-state index contributed by atoms with van der Waals surface area (Å²) in [5, 5.41) is 0. The van der Waals surface area contributed by atoms with Gasteiger partial charge in [0.15, 0.2) is 0 Å². The Morgan fingerprint density at radius 2 is 1.94 bits per heavy atom. The first-order valence-corrected chi connectivity index (χ1v) is 6.55. The highest BCUT2D eigenvalue weighted by atomic mass is 79.9. The molecule has 0 N–H and O–H groups in total. The second-order valence-electron chi connectivity index (χ2n) is 3.10. The van der Waals surface area contributed by atoms with E-state index in [0.717, 1.165) is 20.3 Å². The van der Waals surface area contributed by atoms with Crippen molar-refractivity contribution in [2.24, 2.45) is 0 Å². The number of carbonyl (C=O) groups is 1. The van der Waals surface area contributed by atoms with Gasteiger partial charge < -0.3 is 9.47 Å². The number of hydrogen-bond donors (Lipinski definition) is 0. The zero-order valence-corrected chi connectivity index (χ0v) is 12.7. The molecular weight excluding hydrogens is 352 g/mol. The molecule has 5 heteroatoms. The fourth-order valence-corrected chi connectivity index (χ4v) is 2.77. The largest absolute Gasteiger partial charge is 0.494 e. The number of ether oxygens (including phenoxy) is 2. The van der Waals surface area contributed by atoms with Crippen LogP contribution in [0.25, 0.3) is 6.08 Å². The van der Waals surface area contributed by atoms with Crippen molar-refractivity contribution >= 4 is 43.9 Å². The molecule has 1 aromatic carbocycles. The zero-order valence-electron chi connectivity index (χ0n) is 9.50. The van der Waals surface area contributed by atoms with E-state index in [1.807, 2.05) is 12.1 Å². The highest BCUT2D eigenvalue weighted by Crippen LogP contribution is 2.34. The summed E-state index contributed by atoms with van der Waals surface area (Å²) in [7, 11) is 1.60. The lowest BCUT2D eigenvalue weighted by Gasteiger charge is -2.06. The predicted molar refractivity (Wildman–Crippen MR) is 74.1 cm³/mol. The van der Waals surface area contributed by atoms with Gasteiger partial charge in [0.25, 0.3) is 0 Å². The Kier molecular flexibility index (Phi) is 5.71. The molecule has 17 heavy (non-hydrogen) atoms. The summed E-state index contributed by atoms with van der Waals surface area (Å²) in [6.45, 7) is 2.14. The molecule has 0 amide bonds. The fourth-order valence-electron chi connectivity index (χ4n) is 1.23. The molecule has 0 fully saturated rings. The highest BCUT2D eigenvalue weighted by Gasteiger charge is 2.06. The molecular formula is C12H12Br2O3. The maximum absolute atomic E-state index is 11.2. The van der Waals surface area contributed by atoms with Crippen molar-refractivity contribution in [3.8, 4) is 5.75 Å². The average molecular weight is 364 g/mol. The molecule has 1 rings (SSSR count). The maximum atomic E-state index is 11.2. The normalized spacial score (nSPS) is 10.6. The van der Waals surface area contributed by atoms with Gasteiger partial charge in [-0.2, -0.15) is 0 Å². The van der Waals surface area contributed by atoms with Crippen LogP contribution in [0.1, 0.15) is 12.5 Å². The van der Waals surface area contributed by atoms with Crippen molar-refractivity contribution < 1.29 is 14.3 Å². The third-order valence-electron chi connectivity index (χ3n) is 1.92. The first kappa shape index (κ1) is 14.3. The van der Waals surface area contributed by atoms with E-state index in [9.17, 15) is 4.79 Å². The van der Waals surface area contributed by atoms with E-state index in [2.05, 4.69) is 31.9 Å². The van der Waals surface area contributed by atoms with Gasteiger partial charge >= 0.3 is 5.97 Å². The minimum Gasteiger partial charge on any atom is -0.494 e. The van der Waals surface area contributed by atoms with Gasteiger partial charge in [-0.05, 0) is 62.6 Å². The maximum Gasteiger partial charge on any atom is 0.330 e. The standard InChI is InChI=1S/C12H12Br2O3/c1-3-17-11(15)5-4-8-6-9(13)12(16-2)10(14)7-8/h4-7H,3H2,1-2H3/b5-4+. The molecule has 0 heterocycles. The van der Waals surface area contributed by atoms with Crippen LogP contribution in [0.4, 0.5) is 0 Å². The van der Waals surface area contributed by atoms with E-state index >= 15 is 0 Å². The van der Waals surface area contributed by atoms with E-state index < -0.39 is 0 Å². The van der Waals surface area contributed by atoms with Crippen LogP contribution in [0.3, 0.4) is 0 Å². The molecule has 0 radical (unpaired) electrons. The Hall–Kier alpha value is -0.810. The molecule has 0 atom stereocenters. The van der Waals surface area contributed by atoms with Crippen LogP contribution in [0.5, 0.6) is 5.75 Å². The van der Waals surface area contributed by atoms with Crippen molar-refractivity contribution in [2.75, 3.05) is 13.7 Å². The van der Waals surface area contributed by atoms with Crippen LogP contribution in [0, 0.1) is 0 Å². The summed E-state index contributed by atoms with van der Waals surface area (Å²) in [6.07, 6.45) is 3.08. The Bertz CT molecular complexity index is 418. The second kappa shape index (κ2) is 6.81. The van der Waals surface area contributed by atoms with Gasteiger partial charge in [0.1, 0.15) is 5.75 Å². The number of hydrogen-bond acceptors (Lipinski definition) is 3. The number of rotatable bonds is 4. The molecule has 0 spiro atoms. The third kappa shape index (κ3) is 4.16. The molecule has 0 aromatic heterocycles. The fraction of sp³-hybridized carbons (Fsp3) is 0.250. The van der Waals surface area contributed by atoms with Gasteiger partial charge in [0.05, 0.1) is 22.7 Å². The summed E-state index contributed by atoms with van der Waals surface area (Å²) in [5.74, 6) is 0.369. The topological polar surface area (TPSA) is 35.5 Å². The minimum absolute atomic E-state index is 0.351. The Balaban J connectivity index is 2.90. The van der Waals surface area contributed by atoms with Crippen LogP contribution in [-0.2, 0) is 9.53 Å². The van der Waals surface area contributed by atoms with Crippen molar-refractivity contribution in [2.45, 2.75) is 6.92 Å². The molecule has 0 bridgehead atoms. The molecule has 0 saturated heterocycles.